The number of rotatable bonds is 3. The van der Waals surface area contributed by atoms with E-state index in [1.54, 1.807) is 6.08 Å². The largest absolute Gasteiger partial charge is 0.377 e. The lowest BCUT2D eigenvalue weighted by Gasteiger charge is -2.14. The van der Waals surface area contributed by atoms with E-state index in [1.165, 1.54) is 0 Å². The van der Waals surface area contributed by atoms with Crippen LogP contribution >= 0.6 is 15.9 Å². The number of oxime groups is 1. The first-order valence-corrected chi connectivity index (χ1v) is 7.89. The third kappa shape index (κ3) is 3.19. The lowest BCUT2D eigenvalue weighted by molar-refractivity contribution is -0.136. The van der Waals surface area contributed by atoms with Crippen molar-refractivity contribution in [1.82, 2.24) is 0 Å². The molecule has 5 heteroatoms. The van der Waals surface area contributed by atoms with Crippen LogP contribution in [0.3, 0.4) is 0 Å². The maximum atomic E-state index is 12.0. The van der Waals surface area contributed by atoms with E-state index in [-0.39, 0.29) is 0 Å². The van der Waals surface area contributed by atoms with Crippen molar-refractivity contribution in [2.45, 2.75) is 0 Å². The fourth-order valence-electron chi connectivity index (χ4n) is 2.36. The van der Waals surface area contributed by atoms with Crippen molar-refractivity contribution >= 4 is 39.4 Å². The van der Waals surface area contributed by atoms with E-state index in [2.05, 4.69) is 21.1 Å². The first kappa shape index (κ1) is 15.5. The predicted molar refractivity (Wildman–Crippen MR) is 95.5 cm³/mol. The van der Waals surface area contributed by atoms with Crippen molar-refractivity contribution in [3.05, 3.63) is 69.7 Å². The molecule has 2 aromatic rings. The summed E-state index contributed by atoms with van der Waals surface area (Å²) >= 11 is 3.55. The van der Waals surface area contributed by atoms with E-state index >= 15 is 0 Å². The van der Waals surface area contributed by atoms with Crippen molar-refractivity contribution < 1.29 is 9.63 Å². The van der Waals surface area contributed by atoms with E-state index in [0.717, 1.165) is 21.3 Å². The number of halogens is 1. The lowest BCUT2D eigenvalue weighted by Crippen LogP contribution is -2.09. The summed E-state index contributed by atoms with van der Waals surface area (Å²) in [4.78, 5) is 18.9. The second-order valence-electron chi connectivity index (χ2n) is 5.35. The molecule has 0 spiro atoms. The van der Waals surface area contributed by atoms with E-state index in [9.17, 15) is 4.79 Å². The van der Waals surface area contributed by atoms with Crippen LogP contribution in [0.5, 0.6) is 0 Å². The van der Waals surface area contributed by atoms with Crippen LogP contribution in [0.4, 0.5) is 5.69 Å². The quantitative estimate of drug-likeness (QED) is 0.608. The lowest BCUT2D eigenvalue weighted by atomic mass is 10.0. The molecule has 1 aliphatic heterocycles. The summed E-state index contributed by atoms with van der Waals surface area (Å²) in [5, 5.41) is 3.91. The van der Waals surface area contributed by atoms with Crippen molar-refractivity contribution in [1.29, 1.82) is 0 Å². The normalized spacial score (nSPS) is 15.5. The van der Waals surface area contributed by atoms with Gasteiger partial charge in [-0.25, -0.2) is 4.79 Å². The first-order valence-electron chi connectivity index (χ1n) is 7.10. The standard InChI is InChI=1S/C18H15BrN2O2/c1-21(2)16-9-8-12(11-15(16)19)10-14-17(20-23-18(14)22)13-6-4-3-5-7-13/h3-11H,1-2H3. The molecule has 0 unspecified atom stereocenters. The summed E-state index contributed by atoms with van der Waals surface area (Å²) < 4.78 is 0.960. The highest BCUT2D eigenvalue weighted by Gasteiger charge is 2.26. The van der Waals surface area contributed by atoms with Gasteiger partial charge < -0.3 is 9.74 Å². The summed E-state index contributed by atoms with van der Waals surface area (Å²) in [5.41, 5.74) is 3.84. The summed E-state index contributed by atoms with van der Waals surface area (Å²) in [5.74, 6) is -0.434. The molecule has 0 saturated carbocycles. The van der Waals surface area contributed by atoms with Crippen LogP contribution in [0.25, 0.3) is 6.08 Å². The Hall–Kier alpha value is -2.40. The zero-order valence-electron chi connectivity index (χ0n) is 12.8. The number of benzene rings is 2. The Morgan fingerprint density at radius 1 is 1.13 bits per heavy atom. The highest BCUT2D eigenvalue weighted by molar-refractivity contribution is 9.10. The second kappa shape index (κ2) is 6.38. The van der Waals surface area contributed by atoms with E-state index in [4.69, 9.17) is 4.84 Å². The molecular weight excluding hydrogens is 356 g/mol. The minimum atomic E-state index is -0.434. The van der Waals surface area contributed by atoms with Gasteiger partial charge in [-0.15, -0.1) is 0 Å². The topological polar surface area (TPSA) is 41.9 Å². The number of nitrogens with zero attached hydrogens (tertiary/aromatic N) is 2. The third-order valence-electron chi connectivity index (χ3n) is 3.51. The molecule has 0 amide bonds. The summed E-state index contributed by atoms with van der Waals surface area (Å²) in [6.07, 6.45) is 1.80. The van der Waals surface area contributed by atoms with Gasteiger partial charge in [0.05, 0.1) is 11.3 Å². The minimum absolute atomic E-state index is 0.434. The van der Waals surface area contributed by atoms with Gasteiger partial charge in [0.25, 0.3) is 0 Å². The second-order valence-corrected chi connectivity index (χ2v) is 6.20. The van der Waals surface area contributed by atoms with Crippen molar-refractivity contribution in [3.8, 4) is 0 Å². The fourth-order valence-corrected chi connectivity index (χ4v) is 3.11. The Kier molecular flexibility index (Phi) is 4.30. The highest BCUT2D eigenvalue weighted by Crippen LogP contribution is 2.28. The SMILES string of the molecule is CN(C)c1ccc(C=C2C(=O)ON=C2c2ccccc2)cc1Br. The third-order valence-corrected chi connectivity index (χ3v) is 4.14. The Bertz CT molecular complexity index is 811. The predicted octanol–water partition coefficient (Wildman–Crippen LogP) is 3.86. The minimum Gasteiger partial charge on any atom is -0.377 e. The highest BCUT2D eigenvalue weighted by atomic mass is 79.9. The zero-order valence-corrected chi connectivity index (χ0v) is 14.4. The number of anilines is 1. The zero-order chi connectivity index (χ0) is 16.4. The van der Waals surface area contributed by atoms with Crippen LogP contribution in [0.15, 0.2) is 63.7 Å². The summed E-state index contributed by atoms with van der Waals surface area (Å²) in [7, 11) is 3.96. The molecule has 0 aromatic heterocycles. The van der Waals surface area contributed by atoms with E-state index < -0.39 is 5.97 Å². The Morgan fingerprint density at radius 3 is 2.52 bits per heavy atom. The molecule has 4 nitrogen and oxygen atoms in total. The monoisotopic (exact) mass is 370 g/mol. The first-order chi connectivity index (χ1) is 11.1. The van der Waals surface area contributed by atoms with Gasteiger partial charge in [0, 0.05) is 24.1 Å². The van der Waals surface area contributed by atoms with Crippen LogP contribution in [0.1, 0.15) is 11.1 Å². The molecule has 3 rings (SSSR count). The van der Waals surface area contributed by atoms with Crippen LogP contribution in [-0.2, 0) is 9.63 Å². The van der Waals surface area contributed by atoms with Crippen LogP contribution in [-0.4, -0.2) is 25.8 Å². The molecular formula is C18H15BrN2O2. The van der Waals surface area contributed by atoms with Gasteiger partial charge in [-0.05, 0) is 39.7 Å². The van der Waals surface area contributed by atoms with Gasteiger partial charge in [-0.3, -0.25) is 0 Å². The number of carbonyl (C=O) groups is 1. The van der Waals surface area contributed by atoms with Gasteiger partial charge in [-0.2, -0.15) is 0 Å². The molecule has 0 radical (unpaired) electrons. The molecule has 116 valence electrons. The van der Waals surface area contributed by atoms with Gasteiger partial charge in [0.15, 0.2) is 0 Å². The molecule has 23 heavy (non-hydrogen) atoms. The Morgan fingerprint density at radius 2 is 1.87 bits per heavy atom. The van der Waals surface area contributed by atoms with Crippen LogP contribution in [0, 0.1) is 0 Å². The van der Waals surface area contributed by atoms with Gasteiger partial charge >= 0.3 is 5.97 Å². The maximum Gasteiger partial charge on any atom is 0.368 e. The van der Waals surface area contributed by atoms with Crippen molar-refractivity contribution in [2.75, 3.05) is 19.0 Å². The Labute approximate surface area is 143 Å². The maximum absolute atomic E-state index is 12.0. The average molecular weight is 371 g/mol. The van der Waals surface area contributed by atoms with Gasteiger partial charge in [-0.1, -0.05) is 41.6 Å². The fraction of sp³-hybridized carbons (Fsp3) is 0.111. The van der Waals surface area contributed by atoms with Crippen molar-refractivity contribution in [3.63, 3.8) is 0 Å². The molecule has 2 aromatic carbocycles. The molecule has 0 N–H and O–H groups in total. The number of hydrogen-bond donors (Lipinski definition) is 0. The molecule has 0 saturated heterocycles. The smallest absolute Gasteiger partial charge is 0.368 e. The van der Waals surface area contributed by atoms with Crippen molar-refractivity contribution in [2.24, 2.45) is 5.16 Å². The van der Waals surface area contributed by atoms with Gasteiger partial charge in [0.2, 0.25) is 0 Å². The Balaban J connectivity index is 1.99. The molecule has 1 heterocycles. The molecule has 1 aliphatic rings. The molecule has 0 atom stereocenters. The number of hydrogen-bond acceptors (Lipinski definition) is 4. The van der Waals surface area contributed by atoms with Crippen LogP contribution < -0.4 is 4.90 Å². The summed E-state index contributed by atoms with van der Waals surface area (Å²) in [6, 6.07) is 15.5. The average Bonchev–Trinajstić information content (AvgIpc) is 2.89. The number of carbonyl (C=O) groups excluding carboxylic acids is 1. The van der Waals surface area contributed by atoms with Crippen LogP contribution in [0.2, 0.25) is 0 Å². The summed E-state index contributed by atoms with van der Waals surface area (Å²) in [6.45, 7) is 0. The molecule has 0 bridgehead atoms. The molecule has 0 aliphatic carbocycles. The van der Waals surface area contributed by atoms with E-state index in [0.29, 0.717) is 11.3 Å². The molecule has 0 fully saturated rings. The van der Waals surface area contributed by atoms with E-state index in [1.807, 2.05) is 67.5 Å². The van der Waals surface area contributed by atoms with Gasteiger partial charge in [0.1, 0.15) is 5.71 Å².